The van der Waals surface area contributed by atoms with E-state index in [0.29, 0.717) is 30.5 Å². The van der Waals surface area contributed by atoms with E-state index in [1.165, 1.54) is 0 Å². The van der Waals surface area contributed by atoms with Gasteiger partial charge in [-0.1, -0.05) is 36.4 Å². The van der Waals surface area contributed by atoms with E-state index in [9.17, 15) is 4.79 Å². The van der Waals surface area contributed by atoms with Crippen LogP contribution in [0.1, 0.15) is 18.4 Å². The largest absolute Gasteiger partial charge is 0.490 e. The third kappa shape index (κ3) is 5.43. The third-order valence-electron chi connectivity index (χ3n) is 5.82. The van der Waals surface area contributed by atoms with Crippen LogP contribution in [0.5, 0.6) is 5.75 Å². The molecule has 3 N–H and O–H groups in total. The SMILES string of the molecule is CNc1nc(Nc2cccc(OC3CCN(C(=O)OCc4ccccc4)CC3)c2)nc2nc[nH]c12. The van der Waals surface area contributed by atoms with Crippen molar-refractivity contribution in [1.29, 1.82) is 0 Å². The highest BCUT2D eigenvalue weighted by molar-refractivity contribution is 5.84. The van der Waals surface area contributed by atoms with Crippen LogP contribution in [0.3, 0.4) is 0 Å². The summed E-state index contributed by atoms with van der Waals surface area (Å²) in [5.41, 5.74) is 3.12. The molecule has 5 rings (SSSR count). The van der Waals surface area contributed by atoms with E-state index in [1.807, 2.05) is 54.6 Å². The molecule has 0 aliphatic carbocycles. The fraction of sp³-hybridized carbons (Fsp3) is 0.280. The van der Waals surface area contributed by atoms with Gasteiger partial charge in [0.25, 0.3) is 0 Å². The zero-order chi connectivity index (χ0) is 24.0. The van der Waals surface area contributed by atoms with E-state index < -0.39 is 0 Å². The number of aromatic nitrogens is 4. The molecule has 4 aromatic rings. The van der Waals surface area contributed by atoms with Crippen molar-refractivity contribution in [2.24, 2.45) is 0 Å². The highest BCUT2D eigenvalue weighted by Crippen LogP contribution is 2.25. The molecule has 10 nitrogen and oxygen atoms in total. The van der Waals surface area contributed by atoms with Crippen LogP contribution >= 0.6 is 0 Å². The summed E-state index contributed by atoms with van der Waals surface area (Å²) in [4.78, 5) is 30.3. The predicted molar refractivity (Wildman–Crippen MR) is 133 cm³/mol. The van der Waals surface area contributed by atoms with Crippen LogP contribution in [0.2, 0.25) is 0 Å². The van der Waals surface area contributed by atoms with Gasteiger partial charge in [-0.05, 0) is 17.7 Å². The molecular formula is C25H27N7O3. The number of benzene rings is 2. The molecule has 1 fully saturated rings. The second-order valence-electron chi connectivity index (χ2n) is 8.24. The highest BCUT2D eigenvalue weighted by Gasteiger charge is 2.25. The van der Waals surface area contributed by atoms with Gasteiger partial charge in [0.2, 0.25) is 5.95 Å². The monoisotopic (exact) mass is 473 g/mol. The Balaban J connectivity index is 1.14. The van der Waals surface area contributed by atoms with Gasteiger partial charge in [-0.2, -0.15) is 9.97 Å². The minimum absolute atomic E-state index is 0.0240. The molecule has 0 atom stereocenters. The number of carbonyl (C=O) groups is 1. The van der Waals surface area contributed by atoms with Crippen molar-refractivity contribution in [2.75, 3.05) is 30.8 Å². The van der Waals surface area contributed by atoms with E-state index in [1.54, 1.807) is 18.3 Å². The Morgan fingerprint density at radius 3 is 2.74 bits per heavy atom. The number of H-pyrrole nitrogens is 1. The quantitative estimate of drug-likeness (QED) is 0.363. The molecule has 10 heteroatoms. The maximum Gasteiger partial charge on any atom is 0.410 e. The molecule has 0 spiro atoms. The van der Waals surface area contributed by atoms with Crippen molar-refractivity contribution >= 4 is 34.7 Å². The molecule has 180 valence electrons. The molecule has 0 radical (unpaired) electrons. The average molecular weight is 474 g/mol. The number of hydrogen-bond donors (Lipinski definition) is 3. The van der Waals surface area contributed by atoms with E-state index in [2.05, 4.69) is 30.6 Å². The zero-order valence-corrected chi connectivity index (χ0v) is 19.4. The average Bonchev–Trinajstić information content (AvgIpc) is 3.37. The number of amides is 1. The summed E-state index contributed by atoms with van der Waals surface area (Å²) < 4.78 is 11.7. The number of carbonyl (C=O) groups excluding carboxylic acids is 1. The van der Waals surface area contributed by atoms with Crippen LogP contribution in [-0.4, -0.2) is 57.2 Å². The molecule has 3 heterocycles. The summed E-state index contributed by atoms with van der Waals surface area (Å²) in [6, 6.07) is 17.4. The Kier molecular flexibility index (Phi) is 6.60. The molecule has 0 unspecified atom stereocenters. The molecule has 0 bridgehead atoms. The van der Waals surface area contributed by atoms with Crippen molar-refractivity contribution in [2.45, 2.75) is 25.6 Å². The first-order valence-electron chi connectivity index (χ1n) is 11.6. The summed E-state index contributed by atoms with van der Waals surface area (Å²) in [6.45, 7) is 1.48. The van der Waals surface area contributed by atoms with Crippen molar-refractivity contribution in [1.82, 2.24) is 24.8 Å². The first kappa shape index (κ1) is 22.5. The standard InChI is InChI=1S/C25H27N7O3/c1-26-22-21-23(28-16-27-21)31-24(30-22)29-18-8-5-9-20(14-18)35-19-10-12-32(13-11-19)25(33)34-15-17-6-3-2-4-7-17/h2-9,14,16,19H,10-13,15H2,1H3,(H3,26,27,28,29,30,31). The summed E-state index contributed by atoms with van der Waals surface area (Å²) in [7, 11) is 1.80. The number of anilines is 3. The Morgan fingerprint density at radius 1 is 1.11 bits per heavy atom. The van der Waals surface area contributed by atoms with Crippen LogP contribution in [0.25, 0.3) is 11.2 Å². The number of piperidine rings is 1. The van der Waals surface area contributed by atoms with Crippen LogP contribution in [0.4, 0.5) is 22.2 Å². The van der Waals surface area contributed by atoms with E-state index in [0.717, 1.165) is 35.4 Å². The minimum atomic E-state index is -0.284. The summed E-state index contributed by atoms with van der Waals surface area (Å²) in [6.07, 6.45) is 2.81. The Bertz CT molecular complexity index is 1290. The Hall–Kier alpha value is -4.34. The summed E-state index contributed by atoms with van der Waals surface area (Å²) in [5, 5.41) is 6.27. The fourth-order valence-corrected chi connectivity index (χ4v) is 4.01. The fourth-order valence-electron chi connectivity index (χ4n) is 4.01. The first-order valence-corrected chi connectivity index (χ1v) is 11.6. The Morgan fingerprint density at radius 2 is 1.94 bits per heavy atom. The molecule has 0 saturated carbocycles. The van der Waals surface area contributed by atoms with Gasteiger partial charge < -0.3 is 30.0 Å². The van der Waals surface area contributed by atoms with Crippen molar-refractivity contribution in [3.8, 4) is 5.75 Å². The second kappa shape index (κ2) is 10.3. The van der Waals surface area contributed by atoms with E-state index in [-0.39, 0.29) is 18.8 Å². The van der Waals surface area contributed by atoms with Gasteiger partial charge in [0.1, 0.15) is 24.0 Å². The van der Waals surface area contributed by atoms with E-state index >= 15 is 0 Å². The number of aromatic amines is 1. The second-order valence-corrected chi connectivity index (χ2v) is 8.24. The number of fused-ring (bicyclic) bond motifs is 1. The molecule has 35 heavy (non-hydrogen) atoms. The van der Waals surface area contributed by atoms with E-state index in [4.69, 9.17) is 9.47 Å². The third-order valence-corrected chi connectivity index (χ3v) is 5.82. The summed E-state index contributed by atoms with van der Waals surface area (Å²) in [5.74, 6) is 1.85. The lowest BCUT2D eigenvalue weighted by Crippen LogP contribution is -2.42. The van der Waals surface area contributed by atoms with Crippen molar-refractivity contribution < 1.29 is 14.3 Å². The topological polar surface area (TPSA) is 117 Å². The number of hydrogen-bond acceptors (Lipinski definition) is 8. The lowest BCUT2D eigenvalue weighted by atomic mass is 10.1. The van der Waals surface area contributed by atoms with Gasteiger partial charge in [0.05, 0.1) is 6.33 Å². The molecule has 1 saturated heterocycles. The maximum atomic E-state index is 12.4. The van der Waals surface area contributed by atoms with Crippen molar-refractivity contribution in [3.05, 3.63) is 66.5 Å². The van der Waals surface area contributed by atoms with Gasteiger partial charge in [-0.3, -0.25) is 0 Å². The summed E-state index contributed by atoms with van der Waals surface area (Å²) >= 11 is 0. The van der Waals surface area contributed by atoms with Crippen LogP contribution < -0.4 is 15.4 Å². The smallest absolute Gasteiger partial charge is 0.410 e. The molecule has 2 aromatic carbocycles. The maximum absolute atomic E-state index is 12.4. The Labute approximate surface area is 202 Å². The van der Waals surface area contributed by atoms with Crippen molar-refractivity contribution in [3.63, 3.8) is 0 Å². The molecule has 2 aromatic heterocycles. The van der Waals surface area contributed by atoms with Crippen LogP contribution in [0.15, 0.2) is 60.9 Å². The lowest BCUT2D eigenvalue weighted by Gasteiger charge is -2.31. The molecule has 1 aliphatic rings. The van der Waals surface area contributed by atoms with Gasteiger partial charge in [0, 0.05) is 44.7 Å². The minimum Gasteiger partial charge on any atom is -0.490 e. The zero-order valence-electron chi connectivity index (χ0n) is 19.4. The van der Waals surface area contributed by atoms with Gasteiger partial charge >= 0.3 is 6.09 Å². The van der Waals surface area contributed by atoms with Gasteiger partial charge in [-0.25, -0.2) is 9.78 Å². The van der Waals surface area contributed by atoms with Gasteiger partial charge in [-0.15, -0.1) is 0 Å². The molecule has 1 aliphatic heterocycles. The number of likely N-dealkylation sites (tertiary alicyclic amines) is 1. The number of ether oxygens (including phenoxy) is 2. The molecule has 1 amide bonds. The number of nitrogens with one attached hydrogen (secondary N) is 3. The number of imidazole rings is 1. The number of rotatable bonds is 7. The lowest BCUT2D eigenvalue weighted by molar-refractivity contribution is 0.0638. The van der Waals surface area contributed by atoms with Gasteiger partial charge in [0.15, 0.2) is 11.5 Å². The van der Waals surface area contributed by atoms with Crippen LogP contribution in [-0.2, 0) is 11.3 Å². The predicted octanol–water partition coefficient (Wildman–Crippen LogP) is 4.32. The first-order chi connectivity index (χ1) is 17.2. The van der Waals surface area contributed by atoms with Crippen LogP contribution in [0, 0.1) is 0 Å². The normalized spacial score (nSPS) is 14.0. The number of nitrogens with zero attached hydrogens (tertiary/aromatic N) is 4. The highest BCUT2D eigenvalue weighted by atomic mass is 16.6. The molecular weight excluding hydrogens is 446 g/mol.